The molecule has 0 spiro atoms. The summed E-state index contributed by atoms with van der Waals surface area (Å²) in [5.74, 6) is 1.37. The smallest absolute Gasteiger partial charge is 0.163 e. The van der Waals surface area contributed by atoms with Gasteiger partial charge in [-0.25, -0.2) is 9.37 Å². The summed E-state index contributed by atoms with van der Waals surface area (Å²) < 4.78 is 25.0. The van der Waals surface area contributed by atoms with Gasteiger partial charge in [0.25, 0.3) is 0 Å². The Morgan fingerprint density at radius 1 is 1.10 bits per heavy atom. The summed E-state index contributed by atoms with van der Waals surface area (Å²) in [5.41, 5.74) is 7.98. The quantitative estimate of drug-likeness (QED) is 0.674. The summed E-state index contributed by atoms with van der Waals surface area (Å²) in [5, 5.41) is 0. The van der Waals surface area contributed by atoms with Gasteiger partial charge < -0.3 is 20.2 Å². The molecule has 0 amide bonds. The zero-order chi connectivity index (χ0) is 14.4. The number of imidazole rings is 1. The first kappa shape index (κ1) is 12.0. The van der Waals surface area contributed by atoms with Gasteiger partial charge in [-0.15, -0.1) is 0 Å². The molecule has 4 rings (SSSR count). The number of fused-ring (bicyclic) bond motifs is 2. The molecule has 1 aromatic heterocycles. The highest BCUT2D eigenvalue weighted by molar-refractivity contribution is 5.83. The van der Waals surface area contributed by atoms with Crippen molar-refractivity contribution >= 4 is 16.7 Å². The monoisotopic (exact) mass is 285 g/mol. The van der Waals surface area contributed by atoms with E-state index < -0.39 is 0 Å². The van der Waals surface area contributed by atoms with Gasteiger partial charge in [-0.3, -0.25) is 0 Å². The Kier molecular flexibility index (Phi) is 2.50. The van der Waals surface area contributed by atoms with Crippen LogP contribution in [-0.2, 0) is 0 Å². The molecule has 3 N–H and O–H groups in total. The highest BCUT2D eigenvalue weighted by Crippen LogP contribution is 2.35. The van der Waals surface area contributed by atoms with Crippen LogP contribution in [0.25, 0.3) is 22.4 Å². The molecule has 1 aliphatic rings. The van der Waals surface area contributed by atoms with Crippen LogP contribution >= 0.6 is 0 Å². The van der Waals surface area contributed by atoms with Crippen LogP contribution in [-0.4, -0.2) is 23.2 Å². The number of ether oxygens (including phenoxy) is 2. The number of hydrogen-bond donors (Lipinski definition) is 2. The van der Waals surface area contributed by atoms with E-state index in [1.807, 2.05) is 6.07 Å². The first-order chi connectivity index (χ1) is 10.2. The molecule has 106 valence electrons. The molecule has 5 nitrogen and oxygen atoms in total. The fourth-order valence-electron chi connectivity index (χ4n) is 2.40. The van der Waals surface area contributed by atoms with Crippen molar-refractivity contribution in [2.24, 2.45) is 0 Å². The van der Waals surface area contributed by atoms with Crippen LogP contribution in [0.4, 0.5) is 10.1 Å². The number of H-pyrrole nitrogens is 1. The molecule has 2 aromatic carbocycles. The Morgan fingerprint density at radius 2 is 1.86 bits per heavy atom. The lowest BCUT2D eigenvalue weighted by Gasteiger charge is -2.17. The fourth-order valence-corrected chi connectivity index (χ4v) is 2.40. The average Bonchev–Trinajstić information content (AvgIpc) is 2.89. The number of nitrogens with one attached hydrogen (secondary N) is 1. The third-order valence-electron chi connectivity index (χ3n) is 3.39. The second-order valence-electron chi connectivity index (χ2n) is 4.84. The van der Waals surface area contributed by atoms with E-state index in [-0.39, 0.29) is 5.82 Å². The minimum absolute atomic E-state index is 0.339. The van der Waals surface area contributed by atoms with Crippen molar-refractivity contribution in [1.82, 2.24) is 9.97 Å². The van der Waals surface area contributed by atoms with Gasteiger partial charge in [0.05, 0.1) is 16.6 Å². The number of nitrogen functional groups attached to an aromatic ring is 1. The zero-order valence-corrected chi connectivity index (χ0v) is 11.0. The lowest BCUT2D eigenvalue weighted by molar-refractivity contribution is 0.172. The lowest BCUT2D eigenvalue weighted by atomic mass is 10.2. The van der Waals surface area contributed by atoms with E-state index in [0.29, 0.717) is 47.3 Å². The molecule has 0 aliphatic carbocycles. The van der Waals surface area contributed by atoms with E-state index in [1.54, 1.807) is 12.1 Å². The van der Waals surface area contributed by atoms with E-state index in [9.17, 15) is 4.39 Å². The van der Waals surface area contributed by atoms with Gasteiger partial charge >= 0.3 is 0 Å². The van der Waals surface area contributed by atoms with Gasteiger partial charge in [-0.1, -0.05) is 0 Å². The number of rotatable bonds is 1. The van der Waals surface area contributed by atoms with E-state index in [2.05, 4.69) is 9.97 Å². The van der Waals surface area contributed by atoms with Crippen LogP contribution in [0.3, 0.4) is 0 Å². The molecule has 21 heavy (non-hydrogen) atoms. The number of aromatic amines is 1. The predicted molar refractivity (Wildman–Crippen MR) is 76.9 cm³/mol. The molecule has 0 saturated carbocycles. The molecule has 6 heteroatoms. The molecular formula is C15H12FN3O2. The van der Waals surface area contributed by atoms with Gasteiger partial charge in [0.1, 0.15) is 24.9 Å². The van der Waals surface area contributed by atoms with E-state index in [4.69, 9.17) is 15.2 Å². The van der Waals surface area contributed by atoms with Crippen LogP contribution in [0.15, 0.2) is 30.3 Å². The minimum atomic E-state index is -0.375. The Hall–Kier alpha value is -2.76. The molecule has 0 radical (unpaired) electrons. The molecule has 0 bridgehead atoms. The first-order valence-corrected chi connectivity index (χ1v) is 6.55. The van der Waals surface area contributed by atoms with Gasteiger partial charge in [0, 0.05) is 17.8 Å². The lowest BCUT2D eigenvalue weighted by Crippen LogP contribution is -2.15. The van der Waals surface area contributed by atoms with Crippen LogP contribution < -0.4 is 15.2 Å². The van der Waals surface area contributed by atoms with Gasteiger partial charge in [0.2, 0.25) is 0 Å². The van der Waals surface area contributed by atoms with Crippen LogP contribution in [0.5, 0.6) is 11.5 Å². The Morgan fingerprint density at radius 3 is 2.67 bits per heavy atom. The van der Waals surface area contributed by atoms with Crippen molar-refractivity contribution in [2.45, 2.75) is 0 Å². The maximum Gasteiger partial charge on any atom is 0.163 e. The molecule has 0 fully saturated rings. The highest BCUT2D eigenvalue weighted by Gasteiger charge is 2.16. The molecule has 3 aromatic rings. The fraction of sp³-hybridized carbons (Fsp3) is 0.133. The number of benzene rings is 2. The number of anilines is 1. The first-order valence-electron chi connectivity index (χ1n) is 6.55. The predicted octanol–water partition coefficient (Wildman–Crippen LogP) is 2.72. The number of nitrogens with two attached hydrogens (primary N) is 1. The third-order valence-corrected chi connectivity index (χ3v) is 3.39. The van der Waals surface area contributed by atoms with Crippen molar-refractivity contribution in [3.63, 3.8) is 0 Å². The third kappa shape index (κ3) is 1.96. The molecular weight excluding hydrogens is 273 g/mol. The van der Waals surface area contributed by atoms with E-state index in [1.165, 1.54) is 12.1 Å². The number of nitrogens with zero attached hydrogens (tertiary/aromatic N) is 1. The largest absolute Gasteiger partial charge is 0.486 e. The topological polar surface area (TPSA) is 73.2 Å². The summed E-state index contributed by atoms with van der Waals surface area (Å²) in [7, 11) is 0. The van der Waals surface area contributed by atoms with Gasteiger partial charge in [-0.05, 0) is 18.2 Å². The number of halogens is 1. The van der Waals surface area contributed by atoms with Crippen LogP contribution in [0.1, 0.15) is 0 Å². The molecule has 0 saturated heterocycles. The maximum atomic E-state index is 13.9. The van der Waals surface area contributed by atoms with Crippen molar-refractivity contribution in [3.8, 4) is 22.9 Å². The van der Waals surface area contributed by atoms with Crippen LogP contribution in [0.2, 0.25) is 0 Å². The van der Waals surface area contributed by atoms with Crippen molar-refractivity contribution in [3.05, 3.63) is 36.1 Å². The molecule has 0 atom stereocenters. The molecule has 0 unspecified atom stereocenters. The van der Waals surface area contributed by atoms with Crippen LogP contribution in [0, 0.1) is 5.82 Å². The SMILES string of the molecule is Nc1ccc(F)c(-c2nc3cc4c(cc3[nH]2)OCCO4)c1. The van der Waals surface area contributed by atoms with Crippen molar-refractivity contribution in [1.29, 1.82) is 0 Å². The summed E-state index contributed by atoms with van der Waals surface area (Å²) >= 11 is 0. The summed E-state index contributed by atoms with van der Waals surface area (Å²) in [6.45, 7) is 1.03. The van der Waals surface area contributed by atoms with Crippen molar-refractivity contribution < 1.29 is 13.9 Å². The van der Waals surface area contributed by atoms with Gasteiger partial charge in [0.15, 0.2) is 11.5 Å². The maximum absolute atomic E-state index is 13.9. The van der Waals surface area contributed by atoms with E-state index in [0.717, 1.165) is 5.52 Å². The summed E-state index contributed by atoms with van der Waals surface area (Å²) in [6, 6.07) is 8.00. The second kappa shape index (κ2) is 4.37. The van der Waals surface area contributed by atoms with Crippen molar-refractivity contribution in [2.75, 3.05) is 18.9 Å². The summed E-state index contributed by atoms with van der Waals surface area (Å²) in [4.78, 5) is 7.49. The molecule has 2 heterocycles. The average molecular weight is 285 g/mol. The second-order valence-corrected chi connectivity index (χ2v) is 4.84. The number of aromatic nitrogens is 2. The Labute approximate surface area is 119 Å². The highest BCUT2D eigenvalue weighted by atomic mass is 19.1. The molecule has 1 aliphatic heterocycles. The Bertz CT molecular complexity index is 801. The van der Waals surface area contributed by atoms with E-state index >= 15 is 0 Å². The normalized spacial score (nSPS) is 13.6. The number of hydrogen-bond acceptors (Lipinski definition) is 4. The minimum Gasteiger partial charge on any atom is -0.486 e. The summed E-state index contributed by atoms with van der Waals surface area (Å²) in [6.07, 6.45) is 0. The standard InChI is InChI=1S/C15H12FN3O2/c16-10-2-1-8(17)5-9(10)15-18-11-6-13-14(7-12(11)19-15)21-4-3-20-13/h1-2,5-7H,3-4,17H2,(H,18,19). The zero-order valence-electron chi connectivity index (χ0n) is 11.0. The van der Waals surface area contributed by atoms with Gasteiger partial charge in [-0.2, -0.15) is 0 Å². The Balaban J connectivity index is 1.88.